The number of nitrogens with one attached hydrogen (secondary N) is 1. The van der Waals surface area contributed by atoms with E-state index in [1.807, 2.05) is 12.1 Å². The highest BCUT2D eigenvalue weighted by Gasteiger charge is 2.20. The van der Waals surface area contributed by atoms with Crippen LogP contribution in [0.25, 0.3) is 0 Å². The molecule has 7 nitrogen and oxygen atoms in total. The fourth-order valence-corrected chi connectivity index (χ4v) is 3.61. The Morgan fingerprint density at radius 2 is 2.03 bits per heavy atom. The third kappa shape index (κ3) is 5.50. The second kappa shape index (κ2) is 9.93. The largest absolute Gasteiger partial charge is 0.508 e. The molecule has 1 amide bonds. The number of fused-ring (bicyclic) bond motifs is 1. The number of benzene rings is 2. The maximum atomic E-state index is 11.7. The number of rotatable bonds is 8. The van der Waals surface area contributed by atoms with Crippen LogP contribution in [0.15, 0.2) is 36.4 Å². The summed E-state index contributed by atoms with van der Waals surface area (Å²) in [6.07, 6.45) is 1.99. The molecule has 162 valence electrons. The van der Waals surface area contributed by atoms with E-state index in [1.165, 1.54) is 22.1 Å². The lowest BCUT2D eigenvalue weighted by atomic mass is 9.88. The summed E-state index contributed by atoms with van der Waals surface area (Å²) in [5.74, 6) is 0.626. The highest BCUT2D eigenvalue weighted by Crippen LogP contribution is 2.27. The van der Waals surface area contributed by atoms with Gasteiger partial charge in [0.2, 0.25) is 0 Å². The average Bonchev–Trinajstić information content (AvgIpc) is 2.75. The van der Waals surface area contributed by atoms with Crippen LogP contribution in [0, 0.1) is 0 Å². The van der Waals surface area contributed by atoms with E-state index in [4.69, 9.17) is 4.74 Å². The van der Waals surface area contributed by atoms with E-state index in [2.05, 4.69) is 11.4 Å². The first-order valence-corrected chi connectivity index (χ1v) is 10.2. The molecular formula is C23H30N2O5. The first-order valence-electron chi connectivity index (χ1n) is 10.2. The standard InChI is InChI=1S/C23H30N2O5/c1-25(2)23(29)14-30-20-7-4-15-3-6-19(10-17(15)11-20)24-12-22(28)16-5-8-21(27)18(9-16)13-26/h4-5,7-9,11,19,22,24,26-28H,3,6,10,12-14H2,1-2H3/t19-,22?/m0/s1. The summed E-state index contributed by atoms with van der Waals surface area (Å²) in [6.45, 7) is 0.120. The Balaban J connectivity index is 1.56. The minimum absolute atomic E-state index is 0.0160. The SMILES string of the molecule is CN(C)C(=O)COc1ccc2c(c1)C[C@@H](NCC(O)c1ccc(O)c(CO)c1)CC2. The molecule has 3 rings (SSSR count). The number of aromatic hydroxyl groups is 1. The van der Waals surface area contributed by atoms with Gasteiger partial charge in [0.15, 0.2) is 6.61 Å². The van der Waals surface area contributed by atoms with Crippen LogP contribution in [0.2, 0.25) is 0 Å². The first kappa shape index (κ1) is 22.1. The monoisotopic (exact) mass is 414 g/mol. The summed E-state index contributed by atoms with van der Waals surface area (Å²) in [6, 6.07) is 11.0. The minimum Gasteiger partial charge on any atom is -0.508 e. The van der Waals surface area contributed by atoms with Crippen molar-refractivity contribution in [1.82, 2.24) is 10.2 Å². The van der Waals surface area contributed by atoms with Crippen molar-refractivity contribution >= 4 is 5.91 Å². The van der Waals surface area contributed by atoms with Crippen LogP contribution in [0.4, 0.5) is 0 Å². The van der Waals surface area contributed by atoms with Gasteiger partial charge in [-0.2, -0.15) is 0 Å². The van der Waals surface area contributed by atoms with Gasteiger partial charge in [-0.3, -0.25) is 4.79 Å². The van der Waals surface area contributed by atoms with Crippen LogP contribution in [-0.4, -0.2) is 59.4 Å². The smallest absolute Gasteiger partial charge is 0.259 e. The van der Waals surface area contributed by atoms with E-state index < -0.39 is 6.10 Å². The lowest BCUT2D eigenvalue weighted by Crippen LogP contribution is -2.37. The molecule has 2 aromatic carbocycles. The molecule has 1 unspecified atom stereocenters. The Morgan fingerprint density at radius 1 is 1.23 bits per heavy atom. The van der Waals surface area contributed by atoms with Gasteiger partial charge in [-0.1, -0.05) is 12.1 Å². The number of hydrogen-bond donors (Lipinski definition) is 4. The second-order valence-electron chi connectivity index (χ2n) is 7.92. The molecule has 0 spiro atoms. The fraction of sp³-hybridized carbons (Fsp3) is 0.435. The van der Waals surface area contributed by atoms with E-state index in [-0.39, 0.29) is 30.9 Å². The normalized spacial score (nSPS) is 16.6. The number of aliphatic hydroxyl groups excluding tert-OH is 2. The number of amides is 1. The highest BCUT2D eigenvalue weighted by molar-refractivity contribution is 5.77. The van der Waals surface area contributed by atoms with Gasteiger partial charge in [-0.05, 0) is 60.2 Å². The number of aryl methyl sites for hydroxylation is 1. The minimum atomic E-state index is -0.732. The Morgan fingerprint density at radius 3 is 2.77 bits per heavy atom. The number of nitrogens with zero attached hydrogens (tertiary/aromatic N) is 1. The molecule has 7 heteroatoms. The molecule has 2 atom stereocenters. The third-order valence-electron chi connectivity index (χ3n) is 5.53. The lowest BCUT2D eigenvalue weighted by molar-refractivity contribution is -0.130. The van der Waals surface area contributed by atoms with Crippen molar-refractivity contribution in [3.8, 4) is 11.5 Å². The molecule has 4 N–H and O–H groups in total. The molecule has 0 bridgehead atoms. The van der Waals surface area contributed by atoms with Gasteiger partial charge in [0, 0.05) is 32.2 Å². The molecule has 1 aliphatic rings. The maximum Gasteiger partial charge on any atom is 0.259 e. The quantitative estimate of drug-likeness (QED) is 0.523. The Hall–Kier alpha value is -2.61. The zero-order valence-electron chi connectivity index (χ0n) is 17.5. The van der Waals surface area contributed by atoms with Crippen molar-refractivity contribution in [2.24, 2.45) is 0 Å². The summed E-state index contributed by atoms with van der Waals surface area (Å²) < 4.78 is 5.63. The number of ether oxygens (including phenoxy) is 1. The Bertz CT molecular complexity index is 884. The predicted octanol–water partition coefficient (Wildman–Crippen LogP) is 1.53. The van der Waals surface area contributed by atoms with Crippen molar-refractivity contribution in [3.63, 3.8) is 0 Å². The number of phenols is 1. The molecule has 0 saturated heterocycles. The number of hydrogen-bond acceptors (Lipinski definition) is 6. The van der Waals surface area contributed by atoms with Gasteiger partial charge < -0.3 is 30.3 Å². The van der Waals surface area contributed by atoms with Crippen molar-refractivity contribution in [1.29, 1.82) is 0 Å². The maximum absolute atomic E-state index is 11.7. The third-order valence-corrected chi connectivity index (χ3v) is 5.53. The van der Waals surface area contributed by atoms with E-state index >= 15 is 0 Å². The Labute approximate surface area is 176 Å². The first-order chi connectivity index (χ1) is 14.4. The van der Waals surface area contributed by atoms with E-state index in [0.717, 1.165) is 19.3 Å². The molecule has 0 heterocycles. The Kier molecular flexibility index (Phi) is 7.31. The summed E-state index contributed by atoms with van der Waals surface area (Å²) in [4.78, 5) is 13.2. The van der Waals surface area contributed by atoms with Crippen LogP contribution in [0.1, 0.15) is 34.8 Å². The highest BCUT2D eigenvalue weighted by atomic mass is 16.5. The van der Waals surface area contributed by atoms with Gasteiger partial charge in [0.25, 0.3) is 5.91 Å². The van der Waals surface area contributed by atoms with Crippen LogP contribution in [-0.2, 0) is 24.2 Å². The molecule has 0 aromatic heterocycles. The van der Waals surface area contributed by atoms with Crippen molar-refractivity contribution in [2.45, 2.75) is 38.0 Å². The van der Waals surface area contributed by atoms with Crippen molar-refractivity contribution in [2.75, 3.05) is 27.2 Å². The number of likely N-dealkylation sites (N-methyl/N-ethyl adjacent to an activating group) is 1. The van der Waals surface area contributed by atoms with Crippen molar-refractivity contribution in [3.05, 3.63) is 58.7 Å². The van der Waals surface area contributed by atoms with E-state index in [9.17, 15) is 20.1 Å². The number of carbonyl (C=O) groups excluding carboxylic acids is 1. The van der Waals surface area contributed by atoms with Crippen molar-refractivity contribution < 1.29 is 24.9 Å². The van der Waals surface area contributed by atoms with E-state index in [0.29, 0.717) is 23.4 Å². The van der Waals surface area contributed by atoms with Crippen LogP contribution in [0.5, 0.6) is 11.5 Å². The molecule has 30 heavy (non-hydrogen) atoms. The summed E-state index contributed by atoms with van der Waals surface area (Å²) in [7, 11) is 3.40. The van der Waals surface area contributed by atoms with Gasteiger partial charge in [-0.25, -0.2) is 0 Å². The second-order valence-corrected chi connectivity index (χ2v) is 7.92. The van der Waals surface area contributed by atoms with E-state index in [1.54, 1.807) is 26.2 Å². The summed E-state index contributed by atoms with van der Waals surface area (Å²) >= 11 is 0. The summed E-state index contributed by atoms with van der Waals surface area (Å²) in [5.41, 5.74) is 3.53. The number of carbonyl (C=O) groups is 1. The van der Waals surface area contributed by atoms with Crippen LogP contribution >= 0.6 is 0 Å². The molecule has 0 aliphatic heterocycles. The molecular weight excluding hydrogens is 384 g/mol. The molecule has 0 fully saturated rings. The molecule has 1 aliphatic carbocycles. The van der Waals surface area contributed by atoms with Gasteiger partial charge in [-0.15, -0.1) is 0 Å². The topological polar surface area (TPSA) is 102 Å². The zero-order valence-corrected chi connectivity index (χ0v) is 17.5. The van der Waals surface area contributed by atoms with Crippen LogP contribution in [0.3, 0.4) is 0 Å². The zero-order chi connectivity index (χ0) is 21.7. The number of aliphatic hydroxyl groups is 2. The average molecular weight is 415 g/mol. The molecule has 0 radical (unpaired) electrons. The lowest BCUT2D eigenvalue weighted by Gasteiger charge is -2.27. The predicted molar refractivity (Wildman–Crippen MR) is 113 cm³/mol. The van der Waals surface area contributed by atoms with Gasteiger partial charge in [0.1, 0.15) is 11.5 Å². The van der Waals surface area contributed by atoms with Gasteiger partial charge in [0.05, 0.1) is 12.7 Å². The summed E-state index contributed by atoms with van der Waals surface area (Å²) in [5, 5.41) is 32.9. The van der Waals surface area contributed by atoms with Gasteiger partial charge >= 0.3 is 0 Å². The molecule has 0 saturated carbocycles. The van der Waals surface area contributed by atoms with Crippen LogP contribution < -0.4 is 10.1 Å². The fourth-order valence-electron chi connectivity index (χ4n) is 3.61. The molecule has 2 aromatic rings.